The molecule has 1 aromatic rings. The molecule has 1 atom stereocenters. The van der Waals surface area contributed by atoms with E-state index in [4.69, 9.17) is 4.74 Å². The van der Waals surface area contributed by atoms with Crippen LogP contribution in [-0.2, 0) is 14.3 Å². The summed E-state index contributed by atoms with van der Waals surface area (Å²) in [6.07, 6.45) is 3.22. The minimum Gasteiger partial charge on any atom is -0.482 e. The van der Waals surface area contributed by atoms with Crippen LogP contribution in [0.4, 0.5) is 5.69 Å². The van der Waals surface area contributed by atoms with E-state index in [1.807, 2.05) is 0 Å². The number of hydrogen-bond donors (Lipinski definition) is 1. The van der Waals surface area contributed by atoms with Crippen LogP contribution in [0.15, 0.2) is 24.3 Å². The first-order valence-corrected chi connectivity index (χ1v) is 7.96. The number of hydrogen-bond acceptors (Lipinski definition) is 5. The Kier molecular flexibility index (Phi) is 5.92. The maximum absolute atomic E-state index is 12.1. The summed E-state index contributed by atoms with van der Waals surface area (Å²) < 4.78 is 9.80. The van der Waals surface area contributed by atoms with Gasteiger partial charge in [-0.1, -0.05) is 12.5 Å². The Hall–Kier alpha value is -1.69. The second kappa shape index (κ2) is 7.93. The summed E-state index contributed by atoms with van der Waals surface area (Å²) in [5, 5.41) is 2.92. The highest BCUT2D eigenvalue weighted by Crippen LogP contribution is 2.26. The molecule has 1 fully saturated rings. The molecular weight excluding hydrogens is 290 g/mol. The fourth-order valence-corrected chi connectivity index (χ4v) is 3.23. The number of amides is 1. The molecule has 0 spiro atoms. The minimum absolute atomic E-state index is 0.0263. The lowest BCUT2D eigenvalue weighted by molar-refractivity contribution is -0.142. The van der Waals surface area contributed by atoms with Crippen LogP contribution in [0.25, 0.3) is 0 Å². The second-order valence-corrected chi connectivity index (χ2v) is 6.05. The summed E-state index contributed by atoms with van der Waals surface area (Å²) in [6, 6.07) is 7.01. The van der Waals surface area contributed by atoms with Gasteiger partial charge in [0.2, 0.25) is 5.91 Å². The van der Waals surface area contributed by atoms with E-state index in [0.29, 0.717) is 11.4 Å². The van der Waals surface area contributed by atoms with E-state index in [2.05, 4.69) is 10.1 Å². The van der Waals surface area contributed by atoms with E-state index in [9.17, 15) is 9.59 Å². The molecule has 1 aromatic carbocycles. The number of esters is 1. The van der Waals surface area contributed by atoms with Crippen molar-refractivity contribution in [3.05, 3.63) is 24.3 Å². The van der Waals surface area contributed by atoms with Crippen molar-refractivity contribution < 1.29 is 19.1 Å². The Morgan fingerprint density at radius 2 is 2.24 bits per heavy atom. The van der Waals surface area contributed by atoms with E-state index < -0.39 is 5.97 Å². The van der Waals surface area contributed by atoms with Crippen molar-refractivity contribution in [1.82, 2.24) is 0 Å². The standard InChI is InChI=1S/C15H19NO4S/c1-19-14(17)10-20-12-6-4-5-11(9-12)16-15(18)13-7-2-3-8-21-13/h4-6,9,13H,2-3,7-8,10H2,1H3,(H,16,18). The predicted octanol–water partition coefficient (Wildman–Crippen LogP) is 2.46. The zero-order valence-corrected chi connectivity index (χ0v) is 12.8. The number of ether oxygens (including phenoxy) is 2. The number of nitrogens with one attached hydrogen (secondary N) is 1. The highest BCUT2D eigenvalue weighted by molar-refractivity contribution is 8.00. The van der Waals surface area contributed by atoms with Crippen LogP contribution in [0.5, 0.6) is 5.75 Å². The van der Waals surface area contributed by atoms with Gasteiger partial charge in [-0.05, 0) is 30.7 Å². The van der Waals surface area contributed by atoms with Crippen molar-refractivity contribution >= 4 is 29.3 Å². The molecule has 5 nitrogen and oxygen atoms in total. The maximum Gasteiger partial charge on any atom is 0.343 e. The fourth-order valence-electron chi connectivity index (χ4n) is 2.04. The zero-order chi connectivity index (χ0) is 15.1. The topological polar surface area (TPSA) is 64.6 Å². The molecule has 0 bridgehead atoms. The Morgan fingerprint density at radius 3 is 2.95 bits per heavy atom. The van der Waals surface area contributed by atoms with Crippen LogP contribution in [0.2, 0.25) is 0 Å². The smallest absolute Gasteiger partial charge is 0.343 e. The molecule has 1 aliphatic rings. The minimum atomic E-state index is -0.442. The highest BCUT2D eigenvalue weighted by atomic mass is 32.2. The molecule has 0 aromatic heterocycles. The summed E-state index contributed by atoms with van der Waals surface area (Å²) in [5.74, 6) is 1.16. The molecule has 1 heterocycles. The molecular formula is C15H19NO4S. The van der Waals surface area contributed by atoms with Crippen molar-refractivity contribution in [2.24, 2.45) is 0 Å². The van der Waals surface area contributed by atoms with Crippen molar-refractivity contribution in [3.8, 4) is 5.75 Å². The summed E-state index contributed by atoms with van der Waals surface area (Å²) >= 11 is 1.71. The van der Waals surface area contributed by atoms with Gasteiger partial charge in [-0.25, -0.2) is 4.79 Å². The molecule has 1 aliphatic heterocycles. The number of thioether (sulfide) groups is 1. The number of anilines is 1. The third kappa shape index (κ3) is 4.97. The van der Waals surface area contributed by atoms with Crippen LogP contribution in [0.3, 0.4) is 0 Å². The number of rotatable bonds is 5. The predicted molar refractivity (Wildman–Crippen MR) is 82.7 cm³/mol. The molecule has 114 valence electrons. The van der Waals surface area contributed by atoms with Crippen LogP contribution in [-0.4, -0.2) is 36.6 Å². The number of carbonyl (C=O) groups is 2. The van der Waals surface area contributed by atoms with Crippen LogP contribution in [0, 0.1) is 0 Å². The van der Waals surface area contributed by atoms with Gasteiger partial charge >= 0.3 is 5.97 Å². The third-order valence-electron chi connectivity index (χ3n) is 3.16. The van der Waals surface area contributed by atoms with Gasteiger partial charge < -0.3 is 14.8 Å². The summed E-state index contributed by atoms with van der Waals surface area (Å²) in [5.41, 5.74) is 0.675. The first kappa shape index (κ1) is 15.7. The molecule has 1 N–H and O–H groups in total. The lowest BCUT2D eigenvalue weighted by Crippen LogP contribution is -2.27. The van der Waals surface area contributed by atoms with Crippen LogP contribution in [0.1, 0.15) is 19.3 Å². The molecule has 21 heavy (non-hydrogen) atoms. The van der Waals surface area contributed by atoms with E-state index in [0.717, 1.165) is 18.6 Å². The summed E-state index contributed by atoms with van der Waals surface area (Å²) in [7, 11) is 1.31. The van der Waals surface area contributed by atoms with E-state index >= 15 is 0 Å². The Morgan fingerprint density at radius 1 is 1.38 bits per heavy atom. The molecule has 2 rings (SSSR count). The monoisotopic (exact) mass is 309 g/mol. The lowest BCUT2D eigenvalue weighted by atomic mass is 10.2. The Labute approximate surface area is 128 Å². The molecule has 1 amide bonds. The van der Waals surface area contributed by atoms with Crippen molar-refractivity contribution in [3.63, 3.8) is 0 Å². The van der Waals surface area contributed by atoms with Gasteiger partial charge in [0.25, 0.3) is 0 Å². The fraction of sp³-hybridized carbons (Fsp3) is 0.467. The average Bonchev–Trinajstić information content (AvgIpc) is 2.53. The number of benzene rings is 1. The van der Waals surface area contributed by atoms with Gasteiger partial charge in [0.1, 0.15) is 5.75 Å². The molecule has 1 unspecified atom stereocenters. The van der Waals surface area contributed by atoms with Crippen LogP contribution >= 0.6 is 11.8 Å². The van der Waals surface area contributed by atoms with E-state index in [1.165, 1.54) is 13.5 Å². The van der Waals surface area contributed by atoms with E-state index in [1.54, 1.807) is 36.0 Å². The normalized spacial score (nSPS) is 17.9. The third-order valence-corrected chi connectivity index (χ3v) is 4.53. The van der Waals surface area contributed by atoms with Crippen LogP contribution < -0.4 is 10.1 Å². The van der Waals surface area contributed by atoms with Crippen molar-refractivity contribution in [2.45, 2.75) is 24.5 Å². The quantitative estimate of drug-likeness (QED) is 0.847. The van der Waals surface area contributed by atoms with Gasteiger partial charge in [-0.15, -0.1) is 11.8 Å². The van der Waals surface area contributed by atoms with E-state index in [-0.39, 0.29) is 17.8 Å². The lowest BCUT2D eigenvalue weighted by Gasteiger charge is -2.20. The van der Waals surface area contributed by atoms with Gasteiger partial charge in [0.05, 0.1) is 12.4 Å². The average molecular weight is 309 g/mol. The van der Waals surface area contributed by atoms with Gasteiger partial charge in [0.15, 0.2) is 6.61 Å². The zero-order valence-electron chi connectivity index (χ0n) is 12.0. The summed E-state index contributed by atoms with van der Waals surface area (Å²) in [4.78, 5) is 23.2. The van der Waals surface area contributed by atoms with Gasteiger partial charge in [0, 0.05) is 11.8 Å². The molecule has 6 heteroatoms. The Bertz CT molecular complexity index is 500. The van der Waals surface area contributed by atoms with Gasteiger partial charge in [-0.2, -0.15) is 0 Å². The molecule has 0 saturated carbocycles. The molecule has 0 aliphatic carbocycles. The number of methoxy groups -OCH3 is 1. The maximum atomic E-state index is 12.1. The highest BCUT2D eigenvalue weighted by Gasteiger charge is 2.21. The first-order valence-electron chi connectivity index (χ1n) is 6.91. The second-order valence-electron chi connectivity index (χ2n) is 4.74. The SMILES string of the molecule is COC(=O)COc1cccc(NC(=O)C2CCCCS2)c1. The number of carbonyl (C=O) groups excluding carboxylic acids is 2. The largest absolute Gasteiger partial charge is 0.482 e. The summed E-state index contributed by atoms with van der Waals surface area (Å²) in [6.45, 7) is -0.146. The Balaban J connectivity index is 1.90. The first-order chi connectivity index (χ1) is 10.2. The van der Waals surface area contributed by atoms with Crippen molar-refractivity contribution in [2.75, 3.05) is 24.8 Å². The van der Waals surface area contributed by atoms with Crippen molar-refractivity contribution in [1.29, 1.82) is 0 Å². The molecule has 0 radical (unpaired) electrons. The van der Waals surface area contributed by atoms with Gasteiger partial charge in [-0.3, -0.25) is 4.79 Å². The molecule has 1 saturated heterocycles.